The number of amides is 2. The molecule has 3 aromatic heterocycles. The SMILES string of the molecule is N#CC[C@@]1(n2cc(-c3ncnc4[nH]ccc34)cn2)C[C@H]2CN(C(=O)NC3CC3)C[C@H]2C1. The lowest BCUT2D eigenvalue weighted by molar-refractivity contribution is 0.192. The first-order valence-electron chi connectivity index (χ1n) is 10.9. The molecular weight excluding hydrogens is 392 g/mol. The molecule has 1 aliphatic heterocycles. The van der Waals surface area contributed by atoms with Gasteiger partial charge in [0.05, 0.1) is 29.9 Å². The Hall–Kier alpha value is -3.41. The van der Waals surface area contributed by atoms with Gasteiger partial charge in [-0.1, -0.05) is 0 Å². The van der Waals surface area contributed by atoms with Gasteiger partial charge in [-0.15, -0.1) is 0 Å². The number of aromatic nitrogens is 5. The summed E-state index contributed by atoms with van der Waals surface area (Å²) in [5.41, 5.74) is 2.23. The number of nitrogens with zero attached hydrogens (tertiary/aromatic N) is 6. The number of nitrogens with one attached hydrogen (secondary N) is 2. The van der Waals surface area contributed by atoms with Crippen molar-refractivity contribution in [2.45, 2.75) is 43.7 Å². The fourth-order valence-corrected chi connectivity index (χ4v) is 5.49. The van der Waals surface area contributed by atoms with E-state index in [-0.39, 0.29) is 11.6 Å². The lowest BCUT2D eigenvalue weighted by atomic mass is 9.92. The molecule has 1 saturated heterocycles. The maximum atomic E-state index is 12.5. The quantitative estimate of drug-likeness (QED) is 0.678. The summed E-state index contributed by atoms with van der Waals surface area (Å²) < 4.78 is 1.99. The number of carbonyl (C=O) groups is 1. The van der Waals surface area contributed by atoms with Crippen molar-refractivity contribution in [1.82, 2.24) is 34.9 Å². The zero-order chi connectivity index (χ0) is 21.0. The van der Waals surface area contributed by atoms with Crippen molar-refractivity contribution >= 4 is 17.1 Å². The Morgan fingerprint density at radius 3 is 2.84 bits per heavy atom. The number of hydrogen-bond donors (Lipinski definition) is 2. The Labute approximate surface area is 179 Å². The van der Waals surface area contributed by atoms with Crippen LogP contribution >= 0.6 is 0 Å². The minimum atomic E-state index is -0.328. The van der Waals surface area contributed by atoms with Crippen LogP contribution in [-0.4, -0.2) is 54.8 Å². The number of H-pyrrole nitrogens is 1. The normalized spacial score (nSPS) is 27.4. The fraction of sp³-hybridized carbons (Fsp3) is 0.500. The van der Waals surface area contributed by atoms with Crippen LogP contribution in [-0.2, 0) is 5.54 Å². The number of rotatable bonds is 4. The van der Waals surface area contributed by atoms with Crippen molar-refractivity contribution in [3.05, 3.63) is 31.0 Å². The largest absolute Gasteiger partial charge is 0.346 e. The predicted octanol–water partition coefficient (Wildman–Crippen LogP) is 2.64. The van der Waals surface area contributed by atoms with Crippen LogP contribution in [0.4, 0.5) is 4.79 Å². The van der Waals surface area contributed by atoms with E-state index < -0.39 is 0 Å². The van der Waals surface area contributed by atoms with Gasteiger partial charge in [0.15, 0.2) is 0 Å². The summed E-state index contributed by atoms with van der Waals surface area (Å²) in [6, 6.07) is 4.81. The first kappa shape index (κ1) is 18.4. The summed E-state index contributed by atoms with van der Waals surface area (Å²) in [5.74, 6) is 0.808. The van der Waals surface area contributed by atoms with Crippen molar-refractivity contribution in [2.75, 3.05) is 13.1 Å². The lowest BCUT2D eigenvalue weighted by Crippen LogP contribution is -2.41. The van der Waals surface area contributed by atoms with Crippen LogP contribution in [0.2, 0.25) is 0 Å². The average molecular weight is 416 g/mol. The van der Waals surface area contributed by atoms with E-state index in [0.717, 1.165) is 61.1 Å². The van der Waals surface area contributed by atoms with E-state index in [1.807, 2.05) is 34.2 Å². The Morgan fingerprint density at radius 2 is 2.10 bits per heavy atom. The topological polar surface area (TPSA) is 116 Å². The second-order valence-electron chi connectivity index (χ2n) is 9.25. The van der Waals surface area contributed by atoms with Crippen LogP contribution < -0.4 is 5.32 Å². The van der Waals surface area contributed by atoms with Gasteiger partial charge in [-0.05, 0) is 43.6 Å². The molecule has 9 heteroatoms. The molecule has 3 fully saturated rings. The highest BCUT2D eigenvalue weighted by Gasteiger charge is 2.51. The smallest absolute Gasteiger partial charge is 0.317 e. The van der Waals surface area contributed by atoms with Gasteiger partial charge in [0, 0.05) is 42.5 Å². The highest BCUT2D eigenvalue weighted by molar-refractivity contribution is 5.90. The molecule has 0 bridgehead atoms. The van der Waals surface area contributed by atoms with E-state index in [0.29, 0.717) is 24.3 Å². The third-order valence-electron chi connectivity index (χ3n) is 7.16. The zero-order valence-electron chi connectivity index (χ0n) is 17.2. The molecule has 2 N–H and O–H groups in total. The molecule has 0 spiro atoms. The molecule has 6 rings (SSSR count). The standard InChI is InChI=1S/C22H24N8O/c23-5-4-22(7-14-10-29(11-15(14)8-22)21(31)28-17-1-2-17)30-12-16(9-27-30)19-18-3-6-24-20(18)26-13-25-19/h3,6,9,12-15,17H,1-2,4,7-8,10-11H2,(H,28,31)(H,24,25,26)/t14-,15+,22+. The molecule has 0 unspecified atom stereocenters. The molecule has 4 heterocycles. The first-order valence-corrected chi connectivity index (χ1v) is 10.9. The Balaban J connectivity index is 1.25. The lowest BCUT2D eigenvalue weighted by Gasteiger charge is -2.29. The monoisotopic (exact) mass is 416 g/mol. The molecule has 3 atom stereocenters. The molecule has 0 aromatic carbocycles. The Kier molecular flexibility index (Phi) is 4.03. The van der Waals surface area contributed by atoms with Crippen molar-refractivity contribution in [2.24, 2.45) is 11.8 Å². The van der Waals surface area contributed by atoms with Crippen LogP contribution in [0.5, 0.6) is 0 Å². The number of carbonyl (C=O) groups excluding carboxylic acids is 1. The molecule has 0 radical (unpaired) electrons. The van der Waals surface area contributed by atoms with Gasteiger partial charge in [-0.25, -0.2) is 14.8 Å². The molecule has 3 aromatic rings. The van der Waals surface area contributed by atoms with E-state index in [1.165, 1.54) is 0 Å². The zero-order valence-corrected chi connectivity index (χ0v) is 17.2. The van der Waals surface area contributed by atoms with Crippen LogP contribution in [0.3, 0.4) is 0 Å². The number of fused-ring (bicyclic) bond motifs is 2. The summed E-state index contributed by atoms with van der Waals surface area (Å²) in [5, 5.41) is 18.4. The minimum absolute atomic E-state index is 0.0726. The molecule has 2 aliphatic carbocycles. The highest BCUT2D eigenvalue weighted by Crippen LogP contribution is 2.49. The third kappa shape index (κ3) is 3.05. The van der Waals surface area contributed by atoms with Crippen LogP contribution in [0.25, 0.3) is 22.3 Å². The molecule has 3 aliphatic rings. The van der Waals surface area contributed by atoms with Crippen molar-refractivity contribution in [3.63, 3.8) is 0 Å². The summed E-state index contributed by atoms with van der Waals surface area (Å²) >= 11 is 0. The van der Waals surface area contributed by atoms with E-state index in [2.05, 4.69) is 31.4 Å². The fourth-order valence-electron chi connectivity index (χ4n) is 5.49. The second kappa shape index (κ2) is 6.80. The van der Waals surface area contributed by atoms with Crippen molar-refractivity contribution < 1.29 is 4.79 Å². The maximum Gasteiger partial charge on any atom is 0.317 e. The summed E-state index contributed by atoms with van der Waals surface area (Å²) in [4.78, 5) is 26.3. The van der Waals surface area contributed by atoms with Gasteiger partial charge in [0.1, 0.15) is 12.0 Å². The molecule has 2 amide bonds. The number of urea groups is 1. The van der Waals surface area contributed by atoms with Crippen LogP contribution in [0.1, 0.15) is 32.1 Å². The third-order valence-corrected chi connectivity index (χ3v) is 7.16. The number of likely N-dealkylation sites (tertiary alicyclic amines) is 1. The maximum absolute atomic E-state index is 12.5. The van der Waals surface area contributed by atoms with E-state index in [4.69, 9.17) is 0 Å². The van der Waals surface area contributed by atoms with Gasteiger partial charge in [-0.2, -0.15) is 10.4 Å². The summed E-state index contributed by atoms with van der Waals surface area (Å²) in [6.07, 6.45) is 11.6. The second-order valence-corrected chi connectivity index (χ2v) is 9.25. The first-order chi connectivity index (χ1) is 15.1. The Bertz CT molecular complexity index is 1170. The van der Waals surface area contributed by atoms with Gasteiger partial charge in [0.2, 0.25) is 0 Å². The number of nitriles is 1. The summed E-state index contributed by atoms with van der Waals surface area (Å²) in [6.45, 7) is 1.53. The van der Waals surface area contributed by atoms with E-state index in [1.54, 1.807) is 6.33 Å². The molecule has 2 saturated carbocycles. The van der Waals surface area contributed by atoms with Crippen molar-refractivity contribution in [3.8, 4) is 17.3 Å². The molecule has 158 valence electrons. The molecular formula is C22H24N8O. The number of hydrogen-bond acceptors (Lipinski definition) is 5. The predicted molar refractivity (Wildman–Crippen MR) is 113 cm³/mol. The highest BCUT2D eigenvalue weighted by atomic mass is 16.2. The Morgan fingerprint density at radius 1 is 1.29 bits per heavy atom. The molecule has 9 nitrogen and oxygen atoms in total. The van der Waals surface area contributed by atoms with Gasteiger partial charge >= 0.3 is 6.03 Å². The van der Waals surface area contributed by atoms with Crippen molar-refractivity contribution in [1.29, 1.82) is 5.26 Å². The van der Waals surface area contributed by atoms with Gasteiger partial charge < -0.3 is 15.2 Å². The summed E-state index contributed by atoms with van der Waals surface area (Å²) in [7, 11) is 0. The van der Waals surface area contributed by atoms with E-state index >= 15 is 0 Å². The average Bonchev–Trinajstić information content (AvgIpc) is 3.17. The van der Waals surface area contributed by atoms with Crippen LogP contribution in [0, 0.1) is 23.2 Å². The minimum Gasteiger partial charge on any atom is -0.346 e. The number of aromatic amines is 1. The van der Waals surface area contributed by atoms with Gasteiger partial charge in [0.25, 0.3) is 0 Å². The van der Waals surface area contributed by atoms with Gasteiger partial charge in [-0.3, -0.25) is 4.68 Å². The van der Waals surface area contributed by atoms with E-state index in [9.17, 15) is 10.1 Å². The molecule has 31 heavy (non-hydrogen) atoms. The van der Waals surface area contributed by atoms with Crippen LogP contribution in [0.15, 0.2) is 31.0 Å².